The van der Waals surface area contributed by atoms with Crippen molar-refractivity contribution in [3.8, 4) is 0 Å². The number of nitrogens with zero attached hydrogens (tertiary/aromatic N) is 1. The molecule has 0 aliphatic rings. The second-order valence-electron chi connectivity index (χ2n) is 5.37. The molecular weight excluding hydrogens is 347 g/mol. The van der Waals surface area contributed by atoms with E-state index in [-0.39, 0.29) is 11.8 Å². The van der Waals surface area contributed by atoms with E-state index in [0.29, 0.717) is 28.7 Å². The van der Waals surface area contributed by atoms with Crippen molar-refractivity contribution in [1.29, 1.82) is 0 Å². The number of carbonyl (C=O) groups is 2. The van der Waals surface area contributed by atoms with Gasteiger partial charge in [0.15, 0.2) is 0 Å². The number of hydrogen-bond donors (Lipinski definition) is 1. The summed E-state index contributed by atoms with van der Waals surface area (Å²) >= 11 is 11.8. The van der Waals surface area contributed by atoms with Gasteiger partial charge in [-0.1, -0.05) is 29.3 Å². The van der Waals surface area contributed by atoms with Crippen LogP contribution in [0.5, 0.6) is 0 Å². The summed E-state index contributed by atoms with van der Waals surface area (Å²) in [7, 11) is 0. The van der Waals surface area contributed by atoms with Gasteiger partial charge < -0.3 is 10.2 Å². The van der Waals surface area contributed by atoms with Gasteiger partial charge >= 0.3 is 0 Å². The number of rotatable bonds is 5. The lowest BCUT2D eigenvalue weighted by Gasteiger charge is -2.23. The molecule has 0 fully saturated rings. The Balaban J connectivity index is 2.02. The van der Waals surface area contributed by atoms with Crippen LogP contribution in [-0.4, -0.2) is 24.9 Å². The Labute approximate surface area is 151 Å². The van der Waals surface area contributed by atoms with Gasteiger partial charge in [0, 0.05) is 41.3 Å². The molecule has 1 N–H and O–H groups in total. The number of halogens is 2. The highest BCUT2D eigenvalue weighted by atomic mass is 35.5. The minimum absolute atomic E-state index is 0.0996. The summed E-state index contributed by atoms with van der Waals surface area (Å²) < 4.78 is 0. The third-order valence-electron chi connectivity index (χ3n) is 3.54. The van der Waals surface area contributed by atoms with Crippen molar-refractivity contribution in [2.24, 2.45) is 0 Å². The minimum Gasteiger partial charge on any atom is -0.350 e. The lowest BCUT2D eigenvalue weighted by Crippen LogP contribution is -2.37. The van der Waals surface area contributed by atoms with E-state index < -0.39 is 0 Å². The number of amides is 2. The molecule has 126 valence electrons. The molecular formula is C18H18Cl2N2O2. The third-order valence-corrected chi connectivity index (χ3v) is 4.01. The molecule has 2 aromatic rings. The Kier molecular flexibility index (Phi) is 6.23. The predicted octanol–water partition coefficient (Wildman–Crippen LogP) is 4.08. The Morgan fingerprint density at radius 2 is 1.79 bits per heavy atom. The summed E-state index contributed by atoms with van der Waals surface area (Å²) in [6.07, 6.45) is 0. The van der Waals surface area contributed by atoms with Crippen LogP contribution in [0.25, 0.3) is 0 Å². The molecule has 0 aliphatic carbocycles. The lowest BCUT2D eigenvalue weighted by molar-refractivity contribution is -0.116. The smallest absolute Gasteiger partial charge is 0.251 e. The third kappa shape index (κ3) is 4.73. The van der Waals surface area contributed by atoms with E-state index in [0.717, 1.165) is 11.3 Å². The highest BCUT2D eigenvalue weighted by Crippen LogP contribution is 2.23. The Morgan fingerprint density at radius 3 is 2.42 bits per heavy atom. The van der Waals surface area contributed by atoms with E-state index in [2.05, 4.69) is 5.32 Å². The van der Waals surface area contributed by atoms with E-state index in [1.165, 1.54) is 6.92 Å². The van der Waals surface area contributed by atoms with E-state index in [9.17, 15) is 9.59 Å². The summed E-state index contributed by atoms with van der Waals surface area (Å²) in [4.78, 5) is 25.7. The van der Waals surface area contributed by atoms with Crippen molar-refractivity contribution < 1.29 is 9.59 Å². The van der Waals surface area contributed by atoms with Crippen molar-refractivity contribution in [2.45, 2.75) is 13.8 Å². The van der Waals surface area contributed by atoms with Crippen LogP contribution in [0.15, 0.2) is 42.5 Å². The second-order valence-corrected chi connectivity index (χ2v) is 6.24. The Hall–Kier alpha value is -2.04. The van der Waals surface area contributed by atoms with Crippen LogP contribution in [0.1, 0.15) is 22.8 Å². The largest absolute Gasteiger partial charge is 0.350 e. The molecule has 6 heteroatoms. The van der Waals surface area contributed by atoms with Gasteiger partial charge in [0.05, 0.1) is 0 Å². The average molecular weight is 365 g/mol. The van der Waals surface area contributed by atoms with Crippen LogP contribution < -0.4 is 10.2 Å². The quantitative estimate of drug-likeness (QED) is 0.868. The molecule has 0 saturated carbocycles. The SMILES string of the molecule is CC(=O)N(CCNC(=O)c1cccc(Cl)c1)c1ccc(Cl)cc1C. The minimum atomic E-state index is -0.228. The average Bonchev–Trinajstić information content (AvgIpc) is 2.52. The highest BCUT2D eigenvalue weighted by molar-refractivity contribution is 6.31. The molecule has 24 heavy (non-hydrogen) atoms. The van der Waals surface area contributed by atoms with Gasteiger partial charge in [-0.2, -0.15) is 0 Å². The zero-order valence-electron chi connectivity index (χ0n) is 13.5. The maximum Gasteiger partial charge on any atom is 0.251 e. The fraction of sp³-hybridized carbons (Fsp3) is 0.222. The standard InChI is InChI=1S/C18H18Cl2N2O2/c1-12-10-16(20)6-7-17(12)22(13(2)23)9-8-21-18(24)14-4-3-5-15(19)11-14/h3-7,10-11H,8-9H2,1-2H3,(H,21,24). The van der Waals surface area contributed by atoms with E-state index >= 15 is 0 Å². The number of aryl methyl sites for hydroxylation is 1. The summed E-state index contributed by atoms with van der Waals surface area (Å²) in [5, 5.41) is 3.92. The highest BCUT2D eigenvalue weighted by Gasteiger charge is 2.14. The molecule has 0 radical (unpaired) electrons. The van der Waals surface area contributed by atoms with Crippen molar-refractivity contribution in [2.75, 3.05) is 18.0 Å². The number of anilines is 1. The first-order chi connectivity index (χ1) is 11.4. The Bertz CT molecular complexity index is 762. The molecule has 0 spiro atoms. The predicted molar refractivity (Wildman–Crippen MR) is 98.0 cm³/mol. The fourth-order valence-electron chi connectivity index (χ4n) is 2.38. The summed E-state index contributed by atoms with van der Waals surface area (Å²) in [5.74, 6) is -0.328. The fourth-order valence-corrected chi connectivity index (χ4v) is 2.80. The monoisotopic (exact) mass is 364 g/mol. The summed E-state index contributed by atoms with van der Waals surface area (Å²) in [6.45, 7) is 4.08. The molecule has 2 amide bonds. The van der Waals surface area contributed by atoms with Crippen molar-refractivity contribution in [3.63, 3.8) is 0 Å². The molecule has 0 bridgehead atoms. The van der Waals surface area contributed by atoms with Crippen molar-refractivity contribution >= 4 is 40.7 Å². The van der Waals surface area contributed by atoms with E-state index in [1.807, 2.05) is 6.92 Å². The maximum atomic E-state index is 12.1. The second kappa shape index (κ2) is 8.18. The van der Waals surface area contributed by atoms with Crippen LogP contribution in [0.4, 0.5) is 5.69 Å². The molecule has 0 saturated heterocycles. The van der Waals surface area contributed by atoms with E-state index in [4.69, 9.17) is 23.2 Å². The first kappa shape index (κ1) is 18.3. The molecule has 0 aliphatic heterocycles. The molecule has 0 aromatic heterocycles. The summed E-state index contributed by atoms with van der Waals surface area (Å²) in [6, 6.07) is 12.1. The number of nitrogens with one attached hydrogen (secondary N) is 1. The zero-order valence-corrected chi connectivity index (χ0v) is 15.0. The first-order valence-corrected chi connectivity index (χ1v) is 8.22. The van der Waals surface area contributed by atoms with Gasteiger partial charge in [0.25, 0.3) is 5.91 Å². The van der Waals surface area contributed by atoms with Gasteiger partial charge in [-0.3, -0.25) is 9.59 Å². The lowest BCUT2D eigenvalue weighted by atomic mass is 10.1. The zero-order chi connectivity index (χ0) is 17.7. The van der Waals surface area contributed by atoms with Crippen LogP contribution in [0.2, 0.25) is 10.0 Å². The Morgan fingerprint density at radius 1 is 1.08 bits per heavy atom. The molecule has 4 nitrogen and oxygen atoms in total. The molecule has 0 heterocycles. The van der Waals surface area contributed by atoms with E-state index in [1.54, 1.807) is 47.4 Å². The van der Waals surface area contributed by atoms with Gasteiger partial charge in [0.1, 0.15) is 0 Å². The maximum absolute atomic E-state index is 12.1. The van der Waals surface area contributed by atoms with Crippen LogP contribution in [0, 0.1) is 6.92 Å². The molecule has 2 aromatic carbocycles. The van der Waals surface area contributed by atoms with Gasteiger partial charge in [-0.15, -0.1) is 0 Å². The topological polar surface area (TPSA) is 49.4 Å². The van der Waals surface area contributed by atoms with Gasteiger partial charge in [0.2, 0.25) is 5.91 Å². The summed E-state index contributed by atoms with van der Waals surface area (Å²) in [5.41, 5.74) is 2.17. The van der Waals surface area contributed by atoms with Crippen LogP contribution in [0.3, 0.4) is 0 Å². The normalized spacial score (nSPS) is 10.3. The van der Waals surface area contributed by atoms with Crippen LogP contribution >= 0.6 is 23.2 Å². The first-order valence-electron chi connectivity index (χ1n) is 7.46. The van der Waals surface area contributed by atoms with Crippen LogP contribution in [-0.2, 0) is 4.79 Å². The van der Waals surface area contributed by atoms with Crippen molar-refractivity contribution in [1.82, 2.24) is 5.32 Å². The molecule has 0 unspecified atom stereocenters. The number of benzene rings is 2. The van der Waals surface area contributed by atoms with Crippen molar-refractivity contribution in [3.05, 3.63) is 63.6 Å². The number of hydrogen-bond acceptors (Lipinski definition) is 2. The number of carbonyl (C=O) groups excluding carboxylic acids is 2. The molecule has 0 atom stereocenters. The van der Waals surface area contributed by atoms with Gasteiger partial charge in [-0.05, 0) is 48.9 Å². The van der Waals surface area contributed by atoms with Gasteiger partial charge in [-0.25, -0.2) is 0 Å². The molecule has 2 rings (SSSR count).